The molecule has 0 aliphatic carbocycles. The standard InChI is InChI=1S/C8H15NO3/c1-2-9(5-3-7-10)6-4-8(11)12/h7H,2-6H2,1H3,(H,11,12). The number of carboxylic acids is 1. The van der Waals surface area contributed by atoms with Crippen LogP contribution in [0.15, 0.2) is 0 Å². The summed E-state index contributed by atoms with van der Waals surface area (Å²) >= 11 is 0. The van der Waals surface area contributed by atoms with Crippen LogP contribution in [0.3, 0.4) is 0 Å². The minimum atomic E-state index is -0.792. The van der Waals surface area contributed by atoms with E-state index in [4.69, 9.17) is 5.11 Å². The molecule has 0 spiro atoms. The van der Waals surface area contributed by atoms with Crippen LogP contribution in [0.25, 0.3) is 0 Å². The monoisotopic (exact) mass is 173 g/mol. The highest BCUT2D eigenvalue weighted by Gasteiger charge is 2.03. The predicted octanol–water partition coefficient (Wildman–Crippen LogP) is 0.372. The van der Waals surface area contributed by atoms with Crippen LogP contribution in [0.1, 0.15) is 19.8 Å². The van der Waals surface area contributed by atoms with E-state index in [1.54, 1.807) is 0 Å². The lowest BCUT2D eigenvalue weighted by atomic mass is 10.3. The Morgan fingerprint density at radius 3 is 2.58 bits per heavy atom. The quantitative estimate of drug-likeness (QED) is 0.565. The van der Waals surface area contributed by atoms with Gasteiger partial charge in [0.25, 0.3) is 0 Å². The number of carboxylic acid groups (broad SMARTS) is 1. The molecule has 0 saturated heterocycles. The number of carbonyl (C=O) groups excluding carboxylic acids is 1. The first-order chi connectivity index (χ1) is 5.70. The Labute approximate surface area is 72.2 Å². The second kappa shape index (κ2) is 6.79. The smallest absolute Gasteiger partial charge is 0.304 e. The molecule has 0 aliphatic rings. The van der Waals surface area contributed by atoms with Crippen molar-refractivity contribution in [3.05, 3.63) is 0 Å². The highest BCUT2D eigenvalue weighted by Crippen LogP contribution is 1.92. The van der Waals surface area contributed by atoms with Gasteiger partial charge in [0, 0.05) is 19.5 Å². The number of hydrogen-bond acceptors (Lipinski definition) is 3. The molecular formula is C8H15NO3. The Bertz CT molecular complexity index is 147. The molecule has 0 saturated carbocycles. The average Bonchev–Trinajstić information content (AvgIpc) is 2.05. The molecule has 4 nitrogen and oxygen atoms in total. The van der Waals surface area contributed by atoms with Gasteiger partial charge >= 0.3 is 5.97 Å². The molecule has 0 unspecified atom stereocenters. The number of aliphatic carboxylic acids is 1. The molecule has 0 rings (SSSR count). The van der Waals surface area contributed by atoms with E-state index in [2.05, 4.69) is 0 Å². The summed E-state index contributed by atoms with van der Waals surface area (Å²) in [5.74, 6) is -0.792. The van der Waals surface area contributed by atoms with Crippen molar-refractivity contribution in [3.63, 3.8) is 0 Å². The fraction of sp³-hybridized carbons (Fsp3) is 0.750. The van der Waals surface area contributed by atoms with E-state index >= 15 is 0 Å². The van der Waals surface area contributed by atoms with Crippen LogP contribution in [0.4, 0.5) is 0 Å². The zero-order valence-corrected chi connectivity index (χ0v) is 7.32. The predicted molar refractivity (Wildman–Crippen MR) is 45.0 cm³/mol. The zero-order chi connectivity index (χ0) is 9.40. The summed E-state index contributed by atoms with van der Waals surface area (Å²) in [5, 5.41) is 8.39. The highest BCUT2D eigenvalue weighted by molar-refractivity contribution is 5.66. The molecule has 1 N–H and O–H groups in total. The third-order valence-electron chi connectivity index (χ3n) is 1.65. The maximum atomic E-state index is 10.2. The Hall–Kier alpha value is -0.900. The van der Waals surface area contributed by atoms with Crippen molar-refractivity contribution < 1.29 is 14.7 Å². The Morgan fingerprint density at radius 2 is 2.17 bits per heavy atom. The van der Waals surface area contributed by atoms with Crippen molar-refractivity contribution in [2.45, 2.75) is 19.8 Å². The lowest BCUT2D eigenvalue weighted by molar-refractivity contribution is -0.137. The number of rotatable bonds is 7. The fourth-order valence-electron chi connectivity index (χ4n) is 0.917. The van der Waals surface area contributed by atoms with Crippen LogP contribution in [-0.4, -0.2) is 41.9 Å². The molecular weight excluding hydrogens is 158 g/mol. The lowest BCUT2D eigenvalue weighted by Crippen LogP contribution is -2.27. The molecule has 0 radical (unpaired) electrons. The first-order valence-electron chi connectivity index (χ1n) is 4.08. The van der Waals surface area contributed by atoms with Crippen LogP contribution in [0, 0.1) is 0 Å². The van der Waals surface area contributed by atoms with Gasteiger partial charge in [-0.3, -0.25) is 4.79 Å². The van der Waals surface area contributed by atoms with E-state index < -0.39 is 5.97 Å². The number of carbonyl (C=O) groups is 2. The van der Waals surface area contributed by atoms with Crippen LogP contribution in [-0.2, 0) is 9.59 Å². The van der Waals surface area contributed by atoms with Crippen molar-refractivity contribution in [1.29, 1.82) is 0 Å². The van der Waals surface area contributed by atoms with Gasteiger partial charge < -0.3 is 14.8 Å². The van der Waals surface area contributed by atoms with E-state index in [-0.39, 0.29) is 6.42 Å². The topological polar surface area (TPSA) is 57.6 Å². The maximum absolute atomic E-state index is 10.2. The van der Waals surface area contributed by atoms with Crippen LogP contribution in [0.2, 0.25) is 0 Å². The number of hydrogen-bond donors (Lipinski definition) is 1. The van der Waals surface area contributed by atoms with Crippen molar-refractivity contribution in [1.82, 2.24) is 4.90 Å². The third kappa shape index (κ3) is 5.85. The van der Waals surface area contributed by atoms with Gasteiger partial charge in [-0.15, -0.1) is 0 Å². The summed E-state index contributed by atoms with van der Waals surface area (Å²) in [6.45, 7) is 3.93. The molecule has 0 atom stereocenters. The fourth-order valence-corrected chi connectivity index (χ4v) is 0.917. The van der Waals surface area contributed by atoms with Gasteiger partial charge in [-0.2, -0.15) is 0 Å². The zero-order valence-electron chi connectivity index (χ0n) is 7.32. The summed E-state index contributed by atoms with van der Waals surface area (Å²) in [4.78, 5) is 22.2. The SMILES string of the molecule is CCN(CCC=O)CCC(=O)O. The Kier molecular flexibility index (Phi) is 6.28. The normalized spacial score (nSPS) is 10.2. The van der Waals surface area contributed by atoms with E-state index in [9.17, 15) is 9.59 Å². The number of aldehydes is 1. The first-order valence-corrected chi connectivity index (χ1v) is 4.08. The van der Waals surface area contributed by atoms with Gasteiger partial charge in [0.2, 0.25) is 0 Å². The van der Waals surface area contributed by atoms with Crippen molar-refractivity contribution in [3.8, 4) is 0 Å². The van der Waals surface area contributed by atoms with Crippen LogP contribution in [0.5, 0.6) is 0 Å². The first kappa shape index (κ1) is 11.1. The molecule has 0 fully saturated rings. The van der Waals surface area contributed by atoms with Gasteiger partial charge in [0.1, 0.15) is 6.29 Å². The van der Waals surface area contributed by atoms with Crippen molar-refractivity contribution in [2.75, 3.05) is 19.6 Å². The molecule has 0 aliphatic heterocycles. The summed E-state index contributed by atoms with van der Waals surface area (Å²) in [6, 6.07) is 0. The molecule has 4 heteroatoms. The van der Waals surface area contributed by atoms with E-state index in [0.717, 1.165) is 12.8 Å². The summed E-state index contributed by atoms with van der Waals surface area (Å²) in [6.07, 6.45) is 1.48. The Balaban J connectivity index is 3.52. The molecule has 0 heterocycles. The molecule has 0 amide bonds. The molecule has 0 bridgehead atoms. The molecule has 12 heavy (non-hydrogen) atoms. The highest BCUT2D eigenvalue weighted by atomic mass is 16.4. The largest absolute Gasteiger partial charge is 0.481 e. The van der Waals surface area contributed by atoms with Gasteiger partial charge in [0.15, 0.2) is 0 Å². The average molecular weight is 173 g/mol. The maximum Gasteiger partial charge on any atom is 0.304 e. The minimum Gasteiger partial charge on any atom is -0.481 e. The van der Waals surface area contributed by atoms with Gasteiger partial charge in [-0.1, -0.05) is 6.92 Å². The van der Waals surface area contributed by atoms with E-state index in [1.807, 2.05) is 11.8 Å². The number of nitrogens with zero attached hydrogens (tertiary/aromatic N) is 1. The van der Waals surface area contributed by atoms with Crippen molar-refractivity contribution >= 4 is 12.3 Å². The van der Waals surface area contributed by atoms with Gasteiger partial charge in [-0.05, 0) is 6.54 Å². The van der Waals surface area contributed by atoms with E-state index in [0.29, 0.717) is 19.5 Å². The van der Waals surface area contributed by atoms with Gasteiger partial charge in [-0.25, -0.2) is 0 Å². The molecule has 0 aromatic carbocycles. The molecule has 70 valence electrons. The van der Waals surface area contributed by atoms with Gasteiger partial charge in [0.05, 0.1) is 6.42 Å². The van der Waals surface area contributed by atoms with E-state index in [1.165, 1.54) is 0 Å². The summed E-state index contributed by atoms with van der Waals surface area (Å²) in [7, 11) is 0. The molecule has 0 aromatic heterocycles. The minimum absolute atomic E-state index is 0.146. The third-order valence-corrected chi connectivity index (χ3v) is 1.65. The summed E-state index contributed by atoms with van der Waals surface area (Å²) < 4.78 is 0. The van der Waals surface area contributed by atoms with Crippen LogP contribution >= 0.6 is 0 Å². The lowest BCUT2D eigenvalue weighted by Gasteiger charge is -2.17. The van der Waals surface area contributed by atoms with Crippen molar-refractivity contribution in [2.24, 2.45) is 0 Å². The summed E-state index contributed by atoms with van der Waals surface area (Å²) in [5.41, 5.74) is 0. The second-order valence-electron chi connectivity index (χ2n) is 2.53. The molecule has 0 aromatic rings. The Morgan fingerprint density at radius 1 is 1.50 bits per heavy atom. The van der Waals surface area contributed by atoms with Crippen LogP contribution < -0.4 is 0 Å². The second-order valence-corrected chi connectivity index (χ2v) is 2.53.